The molecule has 2 N–H and O–H groups in total. The summed E-state index contributed by atoms with van der Waals surface area (Å²) in [4.78, 5) is 2.59. The Balaban J connectivity index is 2.11. The highest BCUT2D eigenvalue weighted by Gasteiger charge is 2.26. The zero-order valence-electron chi connectivity index (χ0n) is 12.3. The van der Waals surface area contributed by atoms with E-state index in [1.165, 1.54) is 25.9 Å². The van der Waals surface area contributed by atoms with E-state index in [0.29, 0.717) is 11.6 Å². The number of nitrogens with one attached hydrogen (secondary N) is 2. The summed E-state index contributed by atoms with van der Waals surface area (Å²) < 4.78 is 0. The van der Waals surface area contributed by atoms with Gasteiger partial charge >= 0.3 is 0 Å². The first-order chi connectivity index (χ1) is 7.89. The average molecular weight is 241 g/mol. The molecule has 0 aromatic carbocycles. The minimum Gasteiger partial charge on any atom is -0.313 e. The van der Waals surface area contributed by atoms with Gasteiger partial charge in [-0.15, -0.1) is 0 Å². The number of hydrogen-bond acceptors (Lipinski definition) is 3. The second kappa shape index (κ2) is 6.72. The monoisotopic (exact) mass is 241 g/mol. The fraction of sp³-hybridized carbons (Fsp3) is 1.00. The summed E-state index contributed by atoms with van der Waals surface area (Å²) in [6.07, 6.45) is 2.58. The van der Waals surface area contributed by atoms with Crippen molar-refractivity contribution in [3.8, 4) is 0 Å². The van der Waals surface area contributed by atoms with E-state index in [1.807, 2.05) is 0 Å². The number of rotatable bonds is 5. The van der Waals surface area contributed by atoms with Gasteiger partial charge in [0.1, 0.15) is 0 Å². The van der Waals surface area contributed by atoms with Crippen LogP contribution in [0.1, 0.15) is 47.5 Å². The van der Waals surface area contributed by atoms with E-state index in [1.54, 1.807) is 0 Å². The van der Waals surface area contributed by atoms with E-state index in [4.69, 9.17) is 0 Å². The Labute approximate surface area is 107 Å². The largest absolute Gasteiger partial charge is 0.313 e. The van der Waals surface area contributed by atoms with Crippen LogP contribution in [0.3, 0.4) is 0 Å². The topological polar surface area (TPSA) is 27.3 Å². The van der Waals surface area contributed by atoms with Crippen LogP contribution >= 0.6 is 0 Å². The van der Waals surface area contributed by atoms with Gasteiger partial charge in [0.2, 0.25) is 0 Å². The molecule has 1 fully saturated rings. The Kier molecular flexibility index (Phi) is 5.90. The summed E-state index contributed by atoms with van der Waals surface area (Å²) in [6, 6.07) is 1.32. The Morgan fingerprint density at radius 1 is 1.12 bits per heavy atom. The maximum atomic E-state index is 3.66. The van der Waals surface area contributed by atoms with Gasteiger partial charge in [-0.2, -0.15) is 0 Å². The van der Waals surface area contributed by atoms with E-state index in [-0.39, 0.29) is 0 Å². The predicted molar refractivity (Wildman–Crippen MR) is 75.5 cm³/mol. The Morgan fingerprint density at radius 2 is 1.71 bits per heavy atom. The summed E-state index contributed by atoms with van der Waals surface area (Å²) in [6.45, 7) is 16.0. The average Bonchev–Trinajstić information content (AvgIpc) is 2.23. The summed E-state index contributed by atoms with van der Waals surface area (Å²) >= 11 is 0. The molecule has 1 aliphatic rings. The molecule has 0 atom stereocenters. The minimum atomic E-state index is 0.337. The second-order valence-corrected chi connectivity index (χ2v) is 6.50. The summed E-state index contributed by atoms with van der Waals surface area (Å²) in [5.74, 6) is 0. The molecule has 1 heterocycles. The molecule has 0 aromatic heterocycles. The first-order valence-electron chi connectivity index (χ1n) is 7.11. The molecule has 3 nitrogen and oxygen atoms in total. The molecule has 3 heteroatoms. The molecule has 1 saturated heterocycles. The van der Waals surface area contributed by atoms with Crippen LogP contribution in [-0.2, 0) is 0 Å². The van der Waals surface area contributed by atoms with Crippen molar-refractivity contribution in [1.29, 1.82) is 0 Å². The third-order valence-electron chi connectivity index (χ3n) is 3.55. The van der Waals surface area contributed by atoms with Crippen LogP contribution < -0.4 is 10.6 Å². The van der Waals surface area contributed by atoms with Crippen molar-refractivity contribution >= 4 is 0 Å². The van der Waals surface area contributed by atoms with Crippen LogP contribution in [0.5, 0.6) is 0 Å². The maximum absolute atomic E-state index is 3.66. The molecule has 0 aromatic rings. The molecule has 0 unspecified atom stereocenters. The molecule has 0 saturated carbocycles. The Bertz CT molecular complexity index is 200. The zero-order chi connectivity index (χ0) is 12.9. The lowest BCUT2D eigenvalue weighted by Crippen LogP contribution is -2.50. The molecule has 0 aliphatic carbocycles. The van der Waals surface area contributed by atoms with Gasteiger partial charge in [0.25, 0.3) is 0 Å². The molecule has 0 spiro atoms. The van der Waals surface area contributed by atoms with Crippen molar-refractivity contribution in [2.75, 3.05) is 26.2 Å². The summed E-state index contributed by atoms with van der Waals surface area (Å²) in [7, 11) is 0. The third kappa shape index (κ3) is 5.84. The van der Waals surface area contributed by atoms with Crippen molar-refractivity contribution in [3.05, 3.63) is 0 Å². The van der Waals surface area contributed by atoms with Crippen LogP contribution in [0.4, 0.5) is 0 Å². The first-order valence-corrected chi connectivity index (χ1v) is 7.11. The van der Waals surface area contributed by atoms with Crippen LogP contribution in [0.15, 0.2) is 0 Å². The van der Waals surface area contributed by atoms with Gasteiger partial charge < -0.3 is 10.6 Å². The lowest BCUT2D eigenvalue weighted by atomic mass is 9.98. The normalized spacial score (nSPS) is 20.1. The molecule has 1 aliphatic heterocycles. The highest BCUT2D eigenvalue weighted by atomic mass is 15.2. The van der Waals surface area contributed by atoms with Gasteiger partial charge in [-0.05, 0) is 33.6 Å². The molecular formula is C14H31N3. The highest BCUT2D eigenvalue weighted by molar-refractivity contribution is 4.84. The lowest BCUT2D eigenvalue weighted by Gasteiger charge is -2.41. The van der Waals surface area contributed by atoms with Crippen LogP contribution in [0.2, 0.25) is 0 Å². The quantitative estimate of drug-likeness (QED) is 0.719. The molecule has 0 bridgehead atoms. The van der Waals surface area contributed by atoms with Gasteiger partial charge in [-0.25, -0.2) is 0 Å². The summed E-state index contributed by atoms with van der Waals surface area (Å²) in [5, 5.41) is 7.10. The fourth-order valence-corrected chi connectivity index (χ4v) is 2.39. The Morgan fingerprint density at radius 3 is 2.18 bits per heavy atom. The van der Waals surface area contributed by atoms with E-state index >= 15 is 0 Å². The van der Waals surface area contributed by atoms with Gasteiger partial charge in [-0.1, -0.05) is 13.8 Å². The van der Waals surface area contributed by atoms with Crippen LogP contribution in [0, 0.1) is 0 Å². The van der Waals surface area contributed by atoms with Gasteiger partial charge in [0.15, 0.2) is 0 Å². The third-order valence-corrected chi connectivity index (χ3v) is 3.55. The van der Waals surface area contributed by atoms with E-state index in [9.17, 15) is 0 Å². The number of likely N-dealkylation sites (tertiary alicyclic amines) is 1. The zero-order valence-corrected chi connectivity index (χ0v) is 12.3. The van der Waals surface area contributed by atoms with Gasteiger partial charge in [-0.3, -0.25) is 4.90 Å². The predicted octanol–water partition coefficient (Wildman–Crippen LogP) is 1.84. The SMILES string of the molecule is CC(C)NCCNC1CCN(C(C)(C)C)CC1. The standard InChI is InChI=1S/C14H31N3/c1-12(2)15-8-9-16-13-6-10-17(11-7-13)14(3,4)5/h12-13,15-16H,6-11H2,1-5H3. The molecule has 102 valence electrons. The van der Waals surface area contributed by atoms with E-state index in [0.717, 1.165) is 19.1 Å². The number of piperidine rings is 1. The van der Waals surface area contributed by atoms with Crippen LogP contribution in [0.25, 0.3) is 0 Å². The van der Waals surface area contributed by atoms with Crippen molar-refractivity contribution in [2.45, 2.75) is 65.1 Å². The maximum Gasteiger partial charge on any atom is 0.0125 e. The number of hydrogen-bond donors (Lipinski definition) is 2. The molecule has 0 radical (unpaired) electrons. The Hall–Kier alpha value is -0.120. The fourth-order valence-electron chi connectivity index (χ4n) is 2.39. The van der Waals surface area contributed by atoms with Gasteiger partial charge in [0.05, 0.1) is 0 Å². The molecule has 0 amide bonds. The van der Waals surface area contributed by atoms with Crippen molar-refractivity contribution in [2.24, 2.45) is 0 Å². The molecular weight excluding hydrogens is 210 g/mol. The lowest BCUT2D eigenvalue weighted by molar-refractivity contribution is 0.0964. The van der Waals surface area contributed by atoms with Crippen molar-refractivity contribution < 1.29 is 0 Å². The van der Waals surface area contributed by atoms with Gasteiger partial charge in [0, 0.05) is 43.8 Å². The smallest absolute Gasteiger partial charge is 0.0125 e. The van der Waals surface area contributed by atoms with E-state index < -0.39 is 0 Å². The molecule has 1 rings (SSSR count). The van der Waals surface area contributed by atoms with E-state index in [2.05, 4.69) is 50.2 Å². The summed E-state index contributed by atoms with van der Waals surface area (Å²) in [5.41, 5.74) is 0.337. The highest BCUT2D eigenvalue weighted by Crippen LogP contribution is 2.19. The second-order valence-electron chi connectivity index (χ2n) is 6.50. The number of nitrogens with zero attached hydrogens (tertiary/aromatic N) is 1. The minimum absolute atomic E-state index is 0.337. The molecule has 17 heavy (non-hydrogen) atoms. The first kappa shape index (κ1) is 14.9. The van der Waals surface area contributed by atoms with Crippen LogP contribution in [-0.4, -0.2) is 48.7 Å². The van der Waals surface area contributed by atoms with Crippen molar-refractivity contribution in [3.63, 3.8) is 0 Å². The van der Waals surface area contributed by atoms with Crippen molar-refractivity contribution in [1.82, 2.24) is 15.5 Å².